The lowest BCUT2D eigenvalue weighted by Gasteiger charge is -2.40. The van der Waals surface area contributed by atoms with Gasteiger partial charge in [0.25, 0.3) is 0 Å². The first kappa shape index (κ1) is 11.4. The first-order chi connectivity index (χ1) is 7.65. The van der Waals surface area contributed by atoms with Crippen LogP contribution in [0.2, 0.25) is 0 Å². The number of halogens is 1. The highest BCUT2D eigenvalue weighted by atomic mass is 19.1. The maximum absolute atomic E-state index is 13.0. The first-order valence-electron chi connectivity index (χ1n) is 5.76. The van der Waals surface area contributed by atoms with Crippen molar-refractivity contribution in [3.63, 3.8) is 0 Å². The van der Waals surface area contributed by atoms with Crippen LogP contribution in [0.5, 0.6) is 0 Å². The third-order valence-corrected chi connectivity index (χ3v) is 3.58. The Bertz CT molecular complexity index is 369. The van der Waals surface area contributed by atoms with Crippen molar-refractivity contribution in [3.05, 3.63) is 29.6 Å². The van der Waals surface area contributed by atoms with E-state index in [9.17, 15) is 9.50 Å². The zero-order valence-corrected chi connectivity index (χ0v) is 9.59. The van der Waals surface area contributed by atoms with Crippen molar-refractivity contribution in [1.29, 1.82) is 0 Å². The van der Waals surface area contributed by atoms with Crippen molar-refractivity contribution in [2.75, 3.05) is 18.5 Å². The summed E-state index contributed by atoms with van der Waals surface area (Å²) in [5.74, 6) is -0.175. The van der Waals surface area contributed by atoms with Gasteiger partial charge in [-0.05, 0) is 43.5 Å². The van der Waals surface area contributed by atoms with E-state index in [1.807, 2.05) is 0 Å². The zero-order chi connectivity index (χ0) is 11.6. The Balaban J connectivity index is 1.96. The molecule has 0 aromatic heterocycles. The fourth-order valence-electron chi connectivity index (χ4n) is 2.11. The molecule has 0 bridgehead atoms. The van der Waals surface area contributed by atoms with Crippen molar-refractivity contribution in [2.45, 2.75) is 26.2 Å². The highest BCUT2D eigenvalue weighted by molar-refractivity contribution is 5.46. The Morgan fingerprint density at radius 1 is 1.44 bits per heavy atom. The van der Waals surface area contributed by atoms with E-state index in [0.29, 0.717) is 5.56 Å². The fourth-order valence-corrected chi connectivity index (χ4v) is 2.11. The van der Waals surface area contributed by atoms with E-state index in [2.05, 4.69) is 5.32 Å². The molecular formula is C13H18FNO. The molecule has 2 nitrogen and oxygen atoms in total. The number of aliphatic hydroxyl groups is 1. The summed E-state index contributed by atoms with van der Waals surface area (Å²) in [6.07, 6.45) is 3.36. The summed E-state index contributed by atoms with van der Waals surface area (Å²) in [5, 5.41) is 12.6. The van der Waals surface area contributed by atoms with Crippen LogP contribution in [0.1, 0.15) is 24.8 Å². The zero-order valence-electron chi connectivity index (χ0n) is 9.59. The Hall–Kier alpha value is -1.09. The Morgan fingerprint density at radius 3 is 2.69 bits per heavy atom. The molecule has 2 rings (SSSR count). The summed E-state index contributed by atoms with van der Waals surface area (Å²) in [7, 11) is 0. The minimum absolute atomic E-state index is 0.0578. The number of rotatable bonds is 4. The molecule has 2 N–H and O–H groups in total. The van der Waals surface area contributed by atoms with Crippen molar-refractivity contribution >= 4 is 5.69 Å². The molecule has 1 aromatic rings. The third-order valence-electron chi connectivity index (χ3n) is 3.58. The number of hydrogen-bond donors (Lipinski definition) is 2. The summed E-state index contributed by atoms with van der Waals surface area (Å²) in [4.78, 5) is 0. The van der Waals surface area contributed by atoms with Gasteiger partial charge < -0.3 is 10.4 Å². The van der Waals surface area contributed by atoms with Gasteiger partial charge in [0.05, 0.1) is 6.61 Å². The quantitative estimate of drug-likeness (QED) is 0.822. The molecule has 88 valence electrons. The van der Waals surface area contributed by atoms with Crippen LogP contribution in [0, 0.1) is 18.2 Å². The lowest BCUT2D eigenvalue weighted by Crippen LogP contribution is -2.39. The minimum Gasteiger partial charge on any atom is -0.396 e. The van der Waals surface area contributed by atoms with Gasteiger partial charge in [0.15, 0.2) is 0 Å². The highest BCUT2D eigenvalue weighted by Gasteiger charge is 2.35. The molecule has 0 atom stereocenters. The van der Waals surface area contributed by atoms with Crippen LogP contribution in [0.3, 0.4) is 0 Å². The van der Waals surface area contributed by atoms with Crippen molar-refractivity contribution in [3.8, 4) is 0 Å². The largest absolute Gasteiger partial charge is 0.396 e. The topological polar surface area (TPSA) is 32.3 Å². The molecule has 1 aliphatic rings. The van der Waals surface area contributed by atoms with Crippen LogP contribution in [-0.2, 0) is 0 Å². The average molecular weight is 223 g/mol. The standard InChI is InChI=1S/C13H18FNO/c1-10-7-11(3-4-12(10)14)15-8-13(9-16)5-2-6-13/h3-4,7,15-16H,2,5-6,8-9H2,1H3. The van der Waals surface area contributed by atoms with E-state index in [-0.39, 0.29) is 17.8 Å². The lowest BCUT2D eigenvalue weighted by atomic mass is 9.69. The van der Waals surface area contributed by atoms with E-state index in [1.54, 1.807) is 19.1 Å². The van der Waals surface area contributed by atoms with Gasteiger partial charge in [-0.1, -0.05) is 6.42 Å². The Morgan fingerprint density at radius 2 is 2.19 bits per heavy atom. The number of anilines is 1. The summed E-state index contributed by atoms with van der Waals surface area (Å²) < 4.78 is 13.0. The molecule has 0 spiro atoms. The van der Waals surface area contributed by atoms with E-state index in [4.69, 9.17) is 0 Å². The normalized spacial score (nSPS) is 17.9. The van der Waals surface area contributed by atoms with Crippen molar-refractivity contribution in [2.24, 2.45) is 5.41 Å². The minimum atomic E-state index is -0.175. The molecule has 0 aliphatic heterocycles. The van der Waals surface area contributed by atoms with Gasteiger partial charge in [-0.2, -0.15) is 0 Å². The third kappa shape index (κ3) is 2.19. The summed E-state index contributed by atoms with van der Waals surface area (Å²) in [5.41, 5.74) is 1.64. The van der Waals surface area contributed by atoms with Gasteiger partial charge in [0.1, 0.15) is 5.82 Å². The predicted molar refractivity (Wildman–Crippen MR) is 63.0 cm³/mol. The number of benzene rings is 1. The van der Waals surface area contributed by atoms with E-state index >= 15 is 0 Å². The molecule has 0 saturated heterocycles. The number of nitrogens with one attached hydrogen (secondary N) is 1. The Labute approximate surface area is 95.5 Å². The van der Waals surface area contributed by atoms with Crippen molar-refractivity contribution < 1.29 is 9.50 Å². The second kappa shape index (κ2) is 4.42. The summed E-state index contributed by atoms with van der Waals surface area (Å²) in [6.45, 7) is 2.76. The van der Waals surface area contributed by atoms with Crippen LogP contribution in [0.25, 0.3) is 0 Å². The van der Waals surface area contributed by atoms with Gasteiger partial charge in [-0.15, -0.1) is 0 Å². The molecule has 16 heavy (non-hydrogen) atoms. The van der Waals surface area contributed by atoms with Crippen LogP contribution in [0.15, 0.2) is 18.2 Å². The molecule has 0 heterocycles. The lowest BCUT2D eigenvalue weighted by molar-refractivity contribution is 0.0576. The molecule has 1 fully saturated rings. The number of aryl methyl sites for hydroxylation is 1. The molecule has 1 saturated carbocycles. The molecular weight excluding hydrogens is 205 g/mol. The van der Waals surface area contributed by atoms with Gasteiger partial charge in [0, 0.05) is 17.6 Å². The molecule has 1 aromatic carbocycles. The van der Waals surface area contributed by atoms with E-state index < -0.39 is 0 Å². The second-order valence-electron chi connectivity index (χ2n) is 4.83. The fraction of sp³-hybridized carbons (Fsp3) is 0.538. The van der Waals surface area contributed by atoms with Gasteiger partial charge in [0.2, 0.25) is 0 Å². The van der Waals surface area contributed by atoms with E-state index in [1.165, 1.54) is 12.5 Å². The SMILES string of the molecule is Cc1cc(NCC2(CO)CCC2)ccc1F. The Kier molecular flexibility index (Phi) is 3.15. The van der Waals surface area contributed by atoms with Crippen LogP contribution < -0.4 is 5.32 Å². The smallest absolute Gasteiger partial charge is 0.126 e. The molecule has 0 amide bonds. The van der Waals surface area contributed by atoms with E-state index in [0.717, 1.165) is 25.1 Å². The molecule has 0 radical (unpaired) electrons. The maximum Gasteiger partial charge on any atom is 0.126 e. The first-order valence-corrected chi connectivity index (χ1v) is 5.76. The monoisotopic (exact) mass is 223 g/mol. The van der Waals surface area contributed by atoms with Gasteiger partial charge in [-0.25, -0.2) is 4.39 Å². The van der Waals surface area contributed by atoms with Crippen molar-refractivity contribution in [1.82, 2.24) is 0 Å². The van der Waals surface area contributed by atoms with Gasteiger partial charge >= 0.3 is 0 Å². The second-order valence-corrected chi connectivity index (χ2v) is 4.83. The number of aliphatic hydroxyl groups excluding tert-OH is 1. The van der Waals surface area contributed by atoms with Crippen LogP contribution >= 0.6 is 0 Å². The number of hydrogen-bond acceptors (Lipinski definition) is 2. The maximum atomic E-state index is 13.0. The average Bonchev–Trinajstić information content (AvgIpc) is 2.22. The summed E-state index contributed by atoms with van der Waals surface area (Å²) in [6, 6.07) is 5.02. The molecule has 0 unspecified atom stereocenters. The van der Waals surface area contributed by atoms with Crippen LogP contribution in [0.4, 0.5) is 10.1 Å². The van der Waals surface area contributed by atoms with Crippen LogP contribution in [-0.4, -0.2) is 18.3 Å². The molecule has 3 heteroatoms. The highest BCUT2D eigenvalue weighted by Crippen LogP contribution is 2.40. The predicted octanol–water partition coefficient (Wildman–Crippen LogP) is 2.71. The summed E-state index contributed by atoms with van der Waals surface area (Å²) >= 11 is 0. The van der Waals surface area contributed by atoms with Gasteiger partial charge in [-0.3, -0.25) is 0 Å². The molecule has 1 aliphatic carbocycles.